The Morgan fingerprint density at radius 3 is 2.68 bits per heavy atom. The van der Waals surface area contributed by atoms with Gasteiger partial charge in [-0.05, 0) is 36.4 Å². The minimum atomic E-state index is -0.326. The van der Waals surface area contributed by atoms with Crippen LogP contribution in [0.25, 0.3) is 10.9 Å². The first kappa shape index (κ1) is 15.0. The predicted octanol–water partition coefficient (Wildman–Crippen LogP) is 4.77. The van der Waals surface area contributed by atoms with Gasteiger partial charge >= 0.3 is 5.97 Å². The maximum absolute atomic E-state index is 12.0. The monoisotopic (exact) mass is 331 g/mol. The fraction of sp³-hybridized carbons (Fsp3) is 0.118. The van der Waals surface area contributed by atoms with Crippen molar-refractivity contribution in [2.45, 2.75) is 4.90 Å². The van der Waals surface area contributed by atoms with Crippen LogP contribution in [0.2, 0.25) is 5.02 Å². The Morgan fingerprint density at radius 1 is 1.14 bits per heavy atom. The number of carbonyl (C=O) groups is 1. The molecule has 22 heavy (non-hydrogen) atoms. The van der Waals surface area contributed by atoms with Crippen LogP contribution in [0.5, 0.6) is 0 Å². The maximum atomic E-state index is 12.0. The number of carbonyl (C=O) groups excluding carboxylic acids is 1. The summed E-state index contributed by atoms with van der Waals surface area (Å²) in [5.74, 6) is 0.376. The van der Waals surface area contributed by atoms with E-state index in [0.29, 0.717) is 18.1 Å². The molecular formula is C17H14ClNO2S. The van der Waals surface area contributed by atoms with Crippen LogP contribution < -0.4 is 0 Å². The third kappa shape index (κ3) is 3.64. The molecule has 0 unspecified atom stereocenters. The molecule has 0 radical (unpaired) electrons. The molecule has 0 atom stereocenters. The summed E-state index contributed by atoms with van der Waals surface area (Å²) in [4.78, 5) is 16.2. The Bertz CT molecular complexity index is 750. The molecule has 0 fully saturated rings. The molecular weight excluding hydrogens is 318 g/mol. The quantitative estimate of drug-likeness (QED) is 0.416. The molecule has 0 bridgehead atoms. The number of aromatic amines is 1. The highest BCUT2D eigenvalue weighted by Crippen LogP contribution is 2.20. The van der Waals surface area contributed by atoms with Gasteiger partial charge in [0.15, 0.2) is 0 Å². The average molecular weight is 332 g/mol. The van der Waals surface area contributed by atoms with Crippen LogP contribution in [0.4, 0.5) is 0 Å². The van der Waals surface area contributed by atoms with Gasteiger partial charge in [-0.3, -0.25) is 0 Å². The van der Waals surface area contributed by atoms with Crippen molar-refractivity contribution in [1.29, 1.82) is 0 Å². The third-order valence-electron chi connectivity index (χ3n) is 3.15. The van der Waals surface area contributed by atoms with Gasteiger partial charge in [-0.2, -0.15) is 0 Å². The number of rotatable bonds is 5. The summed E-state index contributed by atoms with van der Waals surface area (Å²) in [7, 11) is 0. The number of ether oxygens (including phenoxy) is 1. The molecule has 2 aromatic carbocycles. The van der Waals surface area contributed by atoms with Crippen molar-refractivity contribution in [1.82, 2.24) is 4.98 Å². The van der Waals surface area contributed by atoms with Crippen LogP contribution in [0, 0.1) is 0 Å². The van der Waals surface area contributed by atoms with E-state index < -0.39 is 0 Å². The van der Waals surface area contributed by atoms with Gasteiger partial charge in [-0.15, -0.1) is 11.8 Å². The number of fused-ring (bicyclic) bond motifs is 1. The fourth-order valence-corrected chi connectivity index (χ4v) is 2.94. The zero-order chi connectivity index (χ0) is 15.4. The number of benzene rings is 2. The molecule has 1 aromatic heterocycles. The van der Waals surface area contributed by atoms with E-state index in [0.717, 1.165) is 20.8 Å². The Balaban J connectivity index is 1.50. The average Bonchev–Trinajstić information content (AvgIpc) is 2.97. The van der Waals surface area contributed by atoms with Gasteiger partial charge in [0, 0.05) is 26.6 Å². The number of H-pyrrole nitrogens is 1. The molecule has 3 nitrogen and oxygen atoms in total. The third-order valence-corrected chi connectivity index (χ3v) is 4.38. The molecule has 0 aliphatic heterocycles. The highest BCUT2D eigenvalue weighted by Gasteiger charge is 2.10. The topological polar surface area (TPSA) is 42.1 Å². The molecule has 0 aliphatic rings. The fourth-order valence-electron chi connectivity index (χ4n) is 2.09. The second-order valence-corrected chi connectivity index (χ2v) is 6.31. The van der Waals surface area contributed by atoms with Crippen molar-refractivity contribution >= 4 is 40.2 Å². The van der Waals surface area contributed by atoms with Crippen molar-refractivity contribution in [3.8, 4) is 0 Å². The SMILES string of the molecule is O=C(OCCSc1ccc(Cl)cc1)c1cc2ccccc2[nH]1. The van der Waals surface area contributed by atoms with Crippen LogP contribution in [-0.4, -0.2) is 23.3 Å². The normalized spacial score (nSPS) is 10.8. The van der Waals surface area contributed by atoms with Gasteiger partial charge in [0.25, 0.3) is 0 Å². The molecule has 0 amide bonds. The van der Waals surface area contributed by atoms with Crippen LogP contribution in [-0.2, 0) is 4.74 Å². The van der Waals surface area contributed by atoms with Gasteiger partial charge in [0.05, 0.1) is 0 Å². The van der Waals surface area contributed by atoms with Crippen molar-refractivity contribution in [3.63, 3.8) is 0 Å². The number of esters is 1. The van der Waals surface area contributed by atoms with E-state index in [-0.39, 0.29) is 5.97 Å². The zero-order valence-corrected chi connectivity index (χ0v) is 13.3. The molecule has 0 saturated heterocycles. The number of halogens is 1. The van der Waals surface area contributed by atoms with E-state index >= 15 is 0 Å². The lowest BCUT2D eigenvalue weighted by Crippen LogP contribution is -2.08. The zero-order valence-electron chi connectivity index (χ0n) is 11.7. The van der Waals surface area contributed by atoms with E-state index in [4.69, 9.17) is 16.3 Å². The predicted molar refractivity (Wildman–Crippen MR) is 90.8 cm³/mol. The Kier molecular flexibility index (Phi) is 4.71. The lowest BCUT2D eigenvalue weighted by atomic mass is 10.2. The molecule has 112 valence electrons. The second kappa shape index (κ2) is 6.90. The number of thioether (sulfide) groups is 1. The van der Waals surface area contributed by atoms with Crippen molar-refractivity contribution in [2.24, 2.45) is 0 Å². The summed E-state index contributed by atoms with van der Waals surface area (Å²) in [6.45, 7) is 0.363. The molecule has 3 rings (SSSR count). The lowest BCUT2D eigenvalue weighted by molar-refractivity contribution is 0.0524. The highest BCUT2D eigenvalue weighted by molar-refractivity contribution is 7.99. The molecule has 3 aromatic rings. The van der Waals surface area contributed by atoms with Crippen molar-refractivity contribution in [3.05, 3.63) is 65.3 Å². The number of nitrogens with one attached hydrogen (secondary N) is 1. The molecule has 0 saturated carbocycles. The Labute approximate surface area is 137 Å². The first-order valence-electron chi connectivity index (χ1n) is 6.85. The summed E-state index contributed by atoms with van der Waals surface area (Å²) in [5.41, 5.74) is 1.42. The van der Waals surface area contributed by atoms with Crippen LogP contribution >= 0.6 is 23.4 Å². The first-order valence-corrected chi connectivity index (χ1v) is 8.22. The van der Waals surface area contributed by atoms with E-state index in [1.807, 2.05) is 54.6 Å². The van der Waals surface area contributed by atoms with E-state index in [9.17, 15) is 4.79 Å². The van der Waals surface area contributed by atoms with E-state index in [1.165, 1.54) is 0 Å². The van der Waals surface area contributed by atoms with Crippen LogP contribution in [0.15, 0.2) is 59.5 Å². The maximum Gasteiger partial charge on any atom is 0.354 e. The van der Waals surface area contributed by atoms with Crippen LogP contribution in [0.3, 0.4) is 0 Å². The largest absolute Gasteiger partial charge is 0.460 e. The van der Waals surface area contributed by atoms with Gasteiger partial charge in [0.1, 0.15) is 12.3 Å². The second-order valence-electron chi connectivity index (χ2n) is 4.71. The number of aromatic nitrogens is 1. The standard InChI is InChI=1S/C17H14ClNO2S/c18-13-5-7-14(8-6-13)22-10-9-21-17(20)16-11-12-3-1-2-4-15(12)19-16/h1-8,11,19H,9-10H2. The van der Waals surface area contributed by atoms with Gasteiger partial charge in [0.2, 0.25) is 0 Å². The minimum Gasteiger partial charge on any atom is -0.460 e. The van der Waals surface area contributed by atoms with Crippen LogP contribution in [0.1, 0.15) is 10.5 Å². The number of hydrogen-bond acceptors (Lipinski definition) is 3. The summed E-state index contributed by atoms with van der Waals surface area (Å²) in [6.07, 6.45) is 0. The van der Waals surface area contributed by atoms with Crippen molar-refractivity contribution < 1.29 is 9.53 Å². The van der Waals surface area contributed by atoms with Gasteiger partial charge in [-0.1, -0.05) is 29.8 Å². The molecule has 1 heterocycles. The van der Waals surface area contributed by atoms with E-state index in [2.05, 4.69) is 4.98 Å². The van der Waals surface area contributed by atoms with Gasteiger partial charge < -0.3 is 9.72 Å². The highest BCUT2D eigenvalue weighted by atomic mass is 35.5. The minimum absolute atomic E-state index is 0.326. The van der Waals surface area contributed by atoms with Gasteiger partial charge in [-0.25, -0.2) is 4.79 Å². The molecule has 1 N–H and O–H groups in total. The number of para-hydroxylation sites is 1. The summed E-state index contributed by atoms with van der Waals surface area (Å²) in [6, 6.07) is 17.2. The van der Waals surface area contributed by atoms with Crippen molar-refractivity contribution in [2.75, 3.05) is 12.4 Å². The number of hydrogen-bond donors (Lipinski definition) is 1. The summed E-state index contributed by atoms with van der Waals surface area (Å²) >= 11 is 7.46. The first-order chi connectivity index (χ1) is 10.7. The van der Waals surface area contributed by atoms with E-state index in [1.54, 1.807) is 11.8 Å². The summed E-state index contributed by atoms with van der Waals surface area (Å²) < 4.78 is 5.29. The Hall–Kier alpha value is -1.91. The smallest absolute Gasteiger partial charge is 0.354 e. The summed E-state index contributed by atoms with van der Waals surface area (Å²) in [5, 5.41) is 1.72. The molecule has 0 aliphatic carbocycles. The lowest BCUT2D eigenvalue weighted by Gasteiger charge is -2.03. The molecule has 5 heteroatoms. The molecule has 0 spiro atoms. The Morgan fingerprint density at radius 2 is 1.91 bits per heavy atom.